The van der Waals surface area contributed by atoms with E-state index in [1.165, 1.54) is 31.2 Å². The first-order valence-electron chi connectivity index (χ1n) is 6.85. The summed E-state index contributed by atoms with van der Waals surface area (Å²) in [6, 6.07) is 0. The van der Waals surface area contributed by atoms with Gasteiger partial charge in [-0.05, 0) is 37.4 Å². The van der Waals surface area contributed by atoms with Gasteiger partial charge >= 0.3 is 0 Å². The molecule has 4 nitrogen and oxygen atoms in total. The molecule has 0 unspecified atom stereocenters. The van der Waals surface area contributed by atoms with Crippen LogP contribution in [0.25, 0.3) is 0 Å². The van der Waals surface area contributed by atoms with Gasteiger partial charge in [-0.2, -0.15) is 0 Å². The van der Waals surface area contributed by atoms with Crippen molar-refractivity contribution in [3.05, 3.63) is 16.5 Å². The van der Waals surface area contributed by atoms with E-state index < -0.39 is 0 Å². The minimum absolute atomic E-state index is 0.386. The number of fused-ring (bicyclic) bond motifs is 1. The maximum absolute atomic E-state index is 6.07. The van der Waals surface area contributed by atoms with Crippen LogP contribution >= 0.6 is 11.6 Å². The Morgan fingerprint density at radius 3 is 2.61 bits per heavy atom. The van der Waals surface area contributed by atoms with Crippen molar-refractivity contribution in [2.45, 2.75) is 38.6 Å². The average Bonchev–Trinajstić information content (AvgIpc) is 2.66. The van der Waals surface area contributed by atoms with Crippen LogP contribution in [0.15, 0.2) is 0 Å². The summed E-state index contributed by atoms with van der Waals surface area (Å²) in [5.74, 6) is 1.09. The highest BCUT2D eigenvalue weighted by Crippen LogP contribution is 2.27. The van der Waals surface area contributed by atoms with Crippen LogP contribution in [0, 0.1) is 0 Å². The molecule has 18 heavy (non-hydrogen) atoms. The van der Waals surface area contributed by atoms with Gasteiger partial charge in [-0.3, -0.25) is 0 Å². The summed E-state index contributed by atoms with van der Waals surface area (Å²) in [6.45, 7) is 4.04. The highest BCUT2D eigenvalue weighted by Gasteiger charge is 2.21. The Balaban J connectivity index is 1.96. The van der Waals surface area contributed by atoms with Crippen molar-refractivity contribution in [2.24, 2.45) is 0 Å². The maximum atomic E-state index is 6.07. The highest BCUT2D eigenvalue weighted by atomic mass is 35.5. The molecule has 2 aliphatic heterocycles. The standard InChI is InChI=1S/C13H19ClN4/c14-13-16-11-9-15-6-5-10(11)12(17-13)18-7-3-1-2-4-8-18/h15H,1-9H2. The van der Waals surface area contributed by atoms with Gasteiger partial charge in [0.2, 0.25) is 5.28 Å². The maximum Gasteiger partial charge on any atom is 0.224 e. The van der Waals surface area contributed by atoms with Crippen molar-refractivity contribution in [1.29, 1.82) is 0 Å². The van der Waals surface area contributed by atoms with E-state index in [0.717, 1.165) is 44.1 Å². The van der Waals surface area contributed by atoms with Crippen molar-refractivity contribution in [3.63, 3.8) is 0 Å². The van der Waals surface area contributed by atoms with Gasteiger partial charge in [-0.15, -0.1) is 0 Å². The smallest absolute Gasteiger partial charge is 0.224 e. The minimum atomic E-state index is 0.386. The number of rotatable bonds is 1. The van der Waals surface area contributed by atoms with Crippen LogP contribution in [-0.2, 0) is 13.0 Å². The number of hydrogen-bond acceptors (Lipinski definition) is 4. The Hall–Kier alpha value is -0.870. The molecule has 0 spiro atoms. The lowest BCUT2D eigenvalue weighted by Gasteiger charge is -2.27. The molecular weight excluding hydrogens is 248 g/mol. The summed E-state index contributed by atoms with van der Waals surface area (Å²) in [5.41, 5.74) is 2.39. The monoisotopic (exact) mass is 266 g/mol. The lowest BCUT2D eigenvalue weighted by Crippen LogP contribution is -2.31. The van der Waals surface area contributed by atoms with E-state index in [1.807, 2.05) is 0 Å². The average molecular weight is 267 g/mol. The van der Waals surface area contributed by atoms with Crippen molar-refractivity contribution < 1.29 is 0 Å². The lowest BCUT2D eigenvalue weighted by atomic mass is 10.1. The lowest BCUT2D eigenvalue weighted by molar-refractivity contribution is 0.618. The Bertz CT molecular complexity index is 427. The van der Waals surface area contributed by atoms with Crippen LogP contribution in [0.5, 0.6) is 0 Å². The zero-order valence-corrected chi connectivity index (χ0v) is 11.3. The SMILES string of the molecule is Clc1nc2c(c(N3CCCCCC3)n1)CCNC2. The van der Waals surface area contributed by atoms with Gasteiger partial charge in [-0.25, -0.2) is 9.97 Å². The molecule has 2 aliphatic rings. The molecule has 0 aromatic carbocycles. The fraction of sp³-hybridized carbons (Fsp3) is 0.692. The molecule has 0 radical (unpaired) electrons. The van der Waals surface area contributed by atoms with E-state index in [0.29, 0.717) is 5.28 Å². The fourth-order valence-electron chi connectivity index (χ4n) is 2.85. The van der Waals surface area contributed by atoms with Crippen LogP contribution in [0.1, 0.15) is 36.9 Å². The van der Waals surface area contributed by atoms with Gasteiger partial charge in [0.15, 0.2) is 0 Å². The largest absolute Gasteiger partial charge is 0.356 e. The van der Waals surface area contributed by atoms with E-state index in [2.05, 4.69) is 20.2 Å². The van der Waals surface area contributed by atoms with Crippen LogP contribution < -0.4 is 10.2 Å². The van der Waals surface area contributed by atoms with Crippen molar-refractivity contribution in [1.82, 2.24) is 15.3 Å². The van der Waals surface area contributed by atoms with Gasteiger partial charge in [0.05, 0.1) is 5.69 Å². The summed E-state index contributed by atoms with van der Waals surface area (Å²) in [7, 11) is 0. The van der Waals surface area contributed by atoms with Crippen LogP contribution in [0.4, 0.5) is 5.82 Å². The quantitative estimate of drug-likeness (QED) is 0.791. The Labute approximate surface area is 113 Å². The summed E-state index contributed by atoms with van der Waals surface area (Å²) in [6.07, 6.45) is 6.19. The van der Waals surface area contributed by atoms with Crippen molar-refractivity contribution in [3.8, 4) is 0 Å². The molecule has 3 heterocycles. The van der Waals surface area contributed by atoms with Crippen molar-refractivity contribution >= 4 is 17.4 Å². The van der Waals surface area contributed by atoms with Gasteiger partial charge in [0.25, 0.3) is 0 Å². The normalized spacial score (nSPS) is 20.4. The fourth-order valence-corrected chi connectivity index (χ4v) is 3.04. The Morgan fingerprint density at radius 1 is 1.06 bits per heavy atom. The van der Waals surface area contributed by atoms with E-state index >= 15 is 0 Å². The third-order valence-electron chi connectivity index (χ3n) is 3.79. The number of nitrogens with one attached hydrogen (secondary N) is 1. The van der Waals surface area contributed by atoms with Gasteiger partial charge in [-0.1, -0.05) is 12.8 Å². The molecule has 0 atom stereocenters. The van der Waals surface area contributed by atoms with Gasteiger partial charge < -0.3 is 10.2 Å². The second kappa shape index (κ2) is 5.41. The third kappa shape index (κ3) is 2.45. The predicted octanol–water partition coefficient (Wildman–Crippen LogP) is 2.16. The summed E-state index contributed by atoms with van der Waals surface area (Å²) in [4.78, 5) is 11.3. The van der Waals surface area contributed by atoms with Crippen LogP contribution in [0.3, 0.4) is 0 Å². The second-order valence-electron chi connectivity index (χ2n) is 5.07. The summed E-state index contributed by atoms with van der Waals surface area (Å²) >= 11 is 6.07. The minimum Gasteiger partial charge on any atom is -0.356 e. The first kappa shape index (κ1) is 12.2. The zero-order chi connectivity index (χ0) is 12.4. The first-order valence-corrected chi connectivity index (χ1v) is 7.23. The molecule has 0 saturated carbocycles. The predicted molar refractivity (Wildman–Crippen MR) is 73.1 cm³/mol. The van der Waals surface area contributed by atoms with Gasteiger partial charge in [0, 0.05) is 25.2 Å². The topological polar surface area (TPSA) is 41.1 Å². The molecule has 1 aromatic heterocycles. The highest BCUT2D eigenvalue weighted by molar-refractivity contribution is 6.28. The number of halogens is 1. The second-order valence-corrected chi connectivity index (χ2v) is 5.41. The van der Waals surface area contributed by atoms with Gasteiger partial charge in [0.1, 0.15) is 5.82 Å². The van der Waals surface area contributed by atoms with Crippen molar-refractivity contribution in [2.75, 3.05) is 24.5 Å². The van der Waals surface area contributed by atoms with E-state index in [1.54, 1.807) is 0 Å². The molecule has 1 N–H and O–H groups in total. The molecule has 5 heteroatoms. The Kier molecular flexibility index (Phi) is 3.66. The first-order chi connectivity index (χ1) is 8.84. The summed E-state index contributed by atoms with van der Waals surface area (Å²) < 4.78 is 0. The number of aromatic nitrogens is 2. The number of hydrogen-bond donors (Lipinski definition) is 1. The Morgan fingerprint density at radius 2 is 1.83 bits per heavy atom. The third-order valence-corrected chi connectivity index (χ3v) is 3.96. The molecule has 1 aromatic rings. The molecule has 0 aliphatic carbocycles. The number of anilines is 1. The molecule has 98 valence electrons. The molecular formula is C13H19ClN4. The number of nitrogens with zero attached hydrogens (tertiary/aromatic N) is 3. The van der Waals surface area contributed by atoms with Crippen LogP contribution in [0.2, 0.25) is 5.28 Å². The van der Waals surface area contributed by atoms with E-state index in [9.17, 15) is 0 Å². The molecule has 0 bridgehead atoms. The van der Waals surface area contributed by atoms with E-state index in [-0.39, 0.29) is 0 Å². The van der Waals surface area contributed by atoms with E-state index in [4.69, 9.17) is 11.6 Å². The molecule has 0 amide bonds. The zero-order valence-electron chi connectivity index (χ0n) is 10.6. The summed E-state index contributed by atoms with van der Waals surface area (Å²) in [5, 5.41) is 3.73. The molecule has 3 rings (SSSR count). The molecule has 1 fully saturated rings. The van der Waals surface area contributed by atoms with Crippen LogP contribution in [-0.4, -0.2) is 29.6 Å². The molecule has 1 saturated heterocycles.